The zero-order valence-electron chi connectivity index (χ0n) is 17.0. The highest BCUT2D eigenvalue weighted by atomic mass is 16.5. The number of carboxylic acids is 1. The molecule has 1 aliphatic carbocycles. The minimum absolute atomic E-state index is 0.0287. The van der Waals surface area contributed by atoms with E-state index in [1.165, 1.54) is 0 Å². The van der Waals surface area contributed by atoms with E-state index >= 15 is 0 Å². The van der Waals surface area contributed by atoms with Crippen LogP contribution < -0.4 is 4.74 Å². The molecule has 6 atom stereocenters. The van der Waals surface area contributed by atoms with E-state index < -0.39 is 18.2 Å². The Labute approximate surface area is 172 Å². The van der Waals surface area contributed by atoms with Crippen LogP contribution in [0.3, 0.4) is 0 Å². The number of aliphatic carboxylic acids is 1. The van der Waals surface area contributed by atoms with Gasteiger partial charge in [-0.15, -0.1) is 11.8 Å². The summed E-state index contributed by atoms with van der Waals surface area (Å²) in [5, 5.41) is 29.9. The molecule has 0 radical (unpaired) electrons. The summed E-state index contributed by atoms with van der Waals surface area (Å²) in [6.45, 7) is 3.75. The lowest BCUT2D eigenvalue weighted by atomic mass is 9.86. The Morgan fingerprint density at radius 3 is 2.93 bits per heavy atom. The first-order valence-electron chi connectivity index (χ1n) is 10.4. The van der Waals surface area contributed by atoms with E-state index in [1.54, 1.807) is 13.0 Å². The van der Waals surface area contributed by atoms with Gasteiger partial charge in [0, 0.05) is 36.7 Å². The molecule has 1 saturated carbocycles. The van der Waals surface area contributed by atoms with Crippen LogP contribution in [0.1, 0.15) is 56.6 Å². The highest BCUT2D eigenvalue weighted by molar-refractivity contribution is 5.66. The monoisotopic (exact) mass is 398 g/mol. The van der Waals surface area contributed by atoms with Gasteiger partial charge < -0.3 is 20.1 Å². The number of para-hydroxylation sites is 1. The summed E-state index contributed by atoms with van der Waals surface area (Å²) in [4.78, 5) is 10.8. The average molecular weight is 398 g/mol. The summed E-state index contributed by atoms with van der Waals surface area (Å²) in [7, 11) is 0. The van der Waals surface area contributed by atoms with E-state index in [4.69, 9.17) is 9.84 Å². The first-order chi connectivity index (χ1) is 13.9. The second-order valence-electron chi connectivity index (χ2n) is 8.13. The van der Waals surface area contributed by atoms with Gasteiger partial charge in [0.05, 0.1) is 12.2 Å². The second kappa shape index (κ2) is 9.47. The number of carboxylic acid groups (broad SMARTS) is 1. The van der Waals surface area contributed by atoms with E-state index in [9.17, 15) is 15.0 Å². The predicted molar refractivity (Wildman–Crippen MR) is 111 cm³/mol. The van der Waals surface area contributed by atoms with Crippen molar-refractivity contribution in [1.29, 1.82) is 0 Å². The lowest BCUT2D eigenvalue weighted by Crippen LogP contribution is -2.19. The standard InChI is InChI=1S/C24H30O5/c1-3-4-7-15(2)19(25)13-12-17-20(26)14-21-23(17)18-10-5-8-16(24(18)29-21)9-6-11-22(27)28/h5,8,10,12-13,15,17,19-21,23,25-26H,6-7,9,11,14H2,1-2H3,(H,27,28)/b13-12+/t15-,17+,19-,20-,21+,23+/m1/s1. The van der Waals surface area contributed by atoms with Crippen molar-refractivity contribution in [3.05, 3.63) is 41.5 Å². The molecule has 1 heterocycles. The first kappa shape index (κ1) is 21.4. The number of rotatable bonds is 8. The number of aliphatic hydroxyl groups is 2. The maximum Gasteiger partial charge on any atom is 0.303 e. The highest BCUT2D eigenvalue weighted by Gasteiger charge is 2.48. The summed E-state index contributed by atoms with van der Waals surface area (Å²) < 4.78 is 6.21. The van der Waals surface area contributed by atoms with Crippen molar-refractivity contribution in [3.63, 3.8) is 0 Å². The van der Waals surface area contributed by atoms with Crippen molar-refractivity contribution in [2.75, 3.05) is 0 Å². The van der Waals surface area contributed by atoms with Crippen molar-refractivity contribution in [2.24, 2.45) is 11.8 Å². The number of ether oxygens (including phenoxy) is 1. The third kappa shape index (κ3) is 4.83. The Hall–Kier alpha value is -2.29. The van der Waals surface area contributed by atoms with Crippen molar-refractivity contribution in [3.8, 4) is 17.6 Å². The van der Waals surface area contributed by atoms with Gasteiger partial charge in [0.2, 0.25) is 0 Å². The van der Waals surface area contributed by atoms with Gasteiger partial charge in [0.25, 0.3) is 0 Å². The van der Waals surface area contributed by atoms with Crippen molar-refractivity contribution in [1.82, 2.24) is 0 Å². The summed E-state index contributed by atoms with van der Waals surface area (Å²) in [6.07, 6.45) is 5.07. The smallest absolute Gasteiger partial charge is 0.303 e. The molecule has 0 unspecified atom stereocenters. The van der Waals surface area contributed by atoms with E-state index in [0.29, 0.717) is 25.7 Å². The van der Waals surface area contributed by atoms with Gasteiger partial charge in [-0.2, -0.15) is 0 Å². The molecule has 1 fully saturated rings. The molecule has 0 aromatic heterocycles. The van der Waals surface area contributed by atoms with Gasteiger partial charge in [-0.1, -0.05) is 37.3 Å². The zero-order chi connectivity index (χ0) is 21.0. The molecule has 156 valence electrons. The summed E-state index contributed by atoms with van der Waals surface area (Å²) in [6, 6.07) is 6.01. The molecule has 0 bridgehead atoms. The average Bonchev–Trinajstić information content (AvgIpc) is 3.19. The fraction of sp³-hybridized carbons (Fsp3) is 0.542. The van der Waals surface area contributed by atoms with Gasteiger partial charge in [0.1, 0.15) is 11.9 Å². The minimum Gasteiger partial charge on any atom is -0.489 e. The molecular weight excluding hydrogens is 368 g/mol. The van der Waals surface area contributed by atoms with Crippen molar-refractivity contribution < 1.29 is 24.9 Å². The van der Waals surface area contributed by atoms with Gasteiger partial charge in [0.15, 0.2) is 0 Å². The Morgan fingerprint density at radius 2 is 2.21 bits per heavy atom. The molecule has 0 saturated heterocycles. The summed E-state index contributed by atoms with van der Waals surface area (Å²) in [5.41, 5.74) is 2.11. The third-order valence-corrected chi connectivity index (χ3v) is 6.04. The van der Waals surface area contributed by atoms with Crippen LogP contribution in [0.2, 0.25) is 0 Å². The molecule has 1 aromatic carbocycles. The van der Waals surface area contributed by atoms with Crippen LogP contribution in [0.4, 0.5) is 0 Å². The van der Waals surface area contributed by atoms with Crippen LogP contribution >= 0.6 is 0 Å². The molecule has 3 N–H and O–H groups in total. The maximum absolute atomic E-state index is 10.8. The fourth-order valence-corrected chi connectivity index (χ4v) is 4.41. The molecular formula is C24H30O5. The number of aliphatic hydroxyl groups excluding tert-OH is 2. The number of aryl methyl sites for hydroxylation is 1. The van der Waals surface area contributed by atoms with Gasteiger partial charge in [-0.25, -0.2) is 0 Å². The molecule has 2 aliphatic rings. The first-order valence-corrected chi connectivity index (χ1v) is 10.4. The van der Waals surface area contributed by atoms with Crippen LogP contribution in [0.5, 0.6) is 5.75 Å². The van der Waals surface area contributed by atoms with Gasteiger partial charge >= 0.3 is 5.97 Å². The normalized spacial score (nSPS) is 26.9. The summed E-state index contributed by atoms with van der Waals surface area (Å²) >= 11 is 0. The zero-order valence-corrected chi connectivity index (χ0v) is 17.0. The Morgan fingerprint density at radius 1 is 1.41 bits per heavy atom. The lowest BCUT2D eigenvalue weighted by Gasteiger charge is -2.19. The summed E-state index contributed by atoms with van der Waals surface area (Å²) in [5.74, 6) is 5.87. The quantitative estimate of drug-likeness (QED) is 0.462. The number of hydrogen-bond donors (Lipinski definition) is 3. The number of benzene rings is 1. The Bertz CT molecular complexity index is 818. The molecule has 0 spiro atoms. The molecule has 5 heteroatoms. The second-order valence-corrected chi connectivity index (χ2v) is 8.13. The largest absolute Gasteiger partial charge is 0.489 e. The number of fused-ring (bicyclic) bond motifs is 3. The maximum atomic E-state index is 10.8. The molecule has 5 nitrogen and oxygen atoms in total. The van der Waals surface area contributed by atoms with E-state index in [2.05, 4.69) is 11.8 Å². The topological polar surface area (TPSA) is 87.0 Å². The molecule has 1 aliphatic heterocycles. The minimum atomic E-state index is -0.790. The number of hydrogen-bond acceptors (Lipinski definition) is 4. The van der Waals surface area contributed by atoms with Gasteiger partial charge in [-0.3, -0.25) is 4.79 Å². The molecule has 0 amide bonds. The van der Waals surface area contributed by atoms with E-state index in [1.807, 2.05) is 31.2 Å². The molecule has 3 rings (SSSR count). The Balaban J connectivity index is 1.75. The number of carbonyl (C=O) groups is 1. The van der Waals surface area contributed by atoms with E-state index in [0.717, 1.165) is 16.9 Å². The Kier molecular flexibility index (Phi) is 7.00. The van der Waals surface area contributed by atoms with Crippen molar-refractivity contribution in [2.45, 2.75) is 70.2 Å². The van der Waals surface area contributed by atoms with E-state index in [-0.39, 0.29) is 30.3 Å². The predicted octanol–water partition coefficient (Wildman–Crippen LogP) is 3.29. The SMILES string of the molecule is CC#CC[C@@H](C)[C@H](O)/C=C/[C@@H]1[C@H]2c3cccc(CCCC(=O)O)c3O[C@H]2C[C@H]1O. The fourth-order valence-electron chi connectivity index (χ4n) is 4.41. The van der Waals surface area contributed by atoms with Gasteiger partial charge in [-0.05, 0) is 31.2 Å². The van der Waals surface area contributed by atoms with Crippen LogP contribution in [-0.4, -0.2) is 39.6 Å². The molecule has 29 heavy (non-hydrogen) atoms. The molecule has 1 aromatic rings. The van der Waals surface area contributed by atoms with Crippen LogP contribution in [0.25, 0.3) is 0 Å². The lowest BCUT2D eigenvalue weighted by molar-refractivity contribution is -0.137. The third-order valence-electron chi connectivity index (χ3n) is 6.04. The highest BCUT2D eigenvalue weighted by Crippen LogP contribution is 2.52. The van der Waals surface area contributed by atoms with Crippen LogP contribution in [0.15, 0.2) is 30.4 Å². The van der Waals surface area contributed by atoms with Crippen molar-refractivity contribution >= 4 is 5.97 Å². The van der Waals surface area contributed by atoms with Crippen LogP contribution in [-0.2, 0) is 11.2 Å². The van der Waals surface area contributed by atoms with Crippen LogP contribution in [0, 0.1) is 23.7 Å².